The van der Waals surface area contributed by atoms with Gasteiger partial charge in [0.25, 0.3) is 0 Å². The van der Waals surface area contributed by atoms with E-state index >= 15 is 0 Å². The molecule has 3 heteroatoms. The molecule has 110 valence electrons. The van der Waals surface area contributed by atoms with Crippen molar-refractivity contribution in [1.29, 1.82) is 0 Å². The molecule has 1 aliphatic heterocycles. The van der Waals surface area contributed by atoms with Crippen molar-refractivity contribution < 1.29 is 4.39 Å². The van der Waals surface area contributed by atoms with Crippen LogP contribution in [0, 0.1) is 5.82 Å². The second kappa shape index (κ2) is 8.18. The van der Waals surface area contributed by atoms with E-state index < -0.39 is 0 Å². The first-order valence-electron chi connectivity index (χ1n) is 7.62. The molecule has 1 aliphatic rings. The van der Waals surface area contributed by atoms with E-state index in [1.807, 2.05) is 18.2 Å². The van der Waals surface area contributed by atoms with Gasteiger partial charge in [0.15, 0.2) is 0 Å². The second-order valence-corrected chi connectivity index (χ2v) is 5.43. The van der Waals surface area contributed by atoms with Crippen molar-refractivity contribution in [3.63, 3.8) is 0 Å². The molecule has 1 aromatic carbocycles. The number of unbranched alkanes of at least 4 members (excludes halogenated alkanes) is 2. The van der Waals surface area contributed by atoms with E-state index in [0.717, 1.165) is 39.0 Å². The van der Waals surface area contributed by atoms with Gasteiger partial charge in [0.1, 0.15) is 5.82 Å². The summed E-state index contributed by atoms with van der Waals surface area (Å²) >= 11 is 0. The standard InChI is InChI=1S/C17H25FN2/c1-2-3-4-5-6-17(20-13-11-19-12-14-20)15-7-9-16(18)10-8-15/h2,7-10,17,19H,1,3-6,11-14H2/t17-/m1/s1. The van der Waals surface area contributed by atoms with E-state index in [0.29, 0.717) is 6.04 Å². The lowest BCUT2D eigenvalue weighted by molar-refractivity contribution is 0.163. The molecule has 0 unspecified atom stereocenters. The molecule has 0 amide bonds. The lowest BCUT2D eigenvalue weighted by Gasteiger charge is -2.35. The summed E-state index contributed by atoms with van der Waals surface area (Å²) in [6.45, 7) is 8.01. The molecule has 0 radical (unpaired) electrons. The van der Waals surface area contributed by atoms with Crippen LogP contribution in [-0.4, -0.2) is 31.1 Å². The van der Waals surface area contributed by atoms with E-state index in [1.54, 1.807) is 12.1 Å². The van der Waals surface area contributed by atoms with Crippen molar-refractivity contribution in [2.75, 3.05) is 26.2 Å². The van der Waals surface area contributed by atoms with Crippen molar-refractivity contribution in [3.05, 3.63) is 48.3 Å². The number of rotatable bonds is 7. The molecule has 2 nitrogen and oxygen atoms in total. The lowest BCUT2D eigenvalue weighted by Crippen LogP contribution is -2.45. The van der Waals surface area contributed by atoms with Gasteiger partial charge in [-0.1, -0.05) is 24.6 Å². The van der Waals surface area contributed by atoms with Crippen LogP contribution in [0.15, 0.2) is 36.9 Å². The Morgan fingerprint density at radius 2 is 1.90 bits per heavy atom. The maximum Gasteiger partial charge on any atom is 0.123 e. The van der Waals surface area contributed by atoms with Gasteiger partial charge in [-0.25, -0.2) is 4.39 Å². The first-order chi connectivity index (χ1) is 9.81. The number of piperazine rings is 1. The Hall–Kier alpha value is -1.19. The number of halogens is 1. The predicted molar refractivity (Wildman–Crippen MR) is 82.2 cm³/mol. The average molecular weight is 276 g/mol. The fraction of sp³-hybridized carbons (Fsp3) is 0.529. The Balaban J connectivity index is 2.01. The Bertz CT molecular complexity index is 396. The molecule has 0 aliphatic carbocycles. The van der Waals surface area contributed by atoms with Crippen molar-refractivity contribution >= 4 is 0 Å². The van der Waals surface area contributed by atoms with E-state index in [4.69, 9.17) is 0 Å². The highest BCUT2D eigenvalue weighted by Crippen LogP contribution is 2.27. The molecule has 0 aromatic heterocycles. The van der Waals surface area contributed by atoms with Crippen LogP contribution in [-0.2, 0) is 0 Å². The summed E-state index contributed by atoms with van der Waals surface area (Å²) in [5, 5.41) is 3.39. The molecule has 1 saturated heterocycles. The molecule has 1 N–H and O–H groups in total. The number of hydrogen-bond donors (Lipinski definition) is 1. The molecule has 2 rings (SSSR count). The third-order valence-corrected chi connectivity index (χ3v) is 3.98. The molecular formula is C17H25FN2. The number of benzene rings is 1. The lowest BCUT2D eigenvalue weighted by atomic mass is 9.98. The molecule has 0 saturated carbocycles. The first-order valence-corrected chi connectivity index (χ1v) is 7.62. The molecule has 1 fully saturated rings. The van der Waals surface area contributed by atoms with Crippen molar-refractivity contribution in [1.82, 2.24) is 10.2 Å². The molecular weight excluding hydrogens is 251 g/mol. The van der Waals surface area contributed by atoms with Crippen LogP contribution in [0.2, 0.25) is 0 Å². The summed E-state index contributed by atoms with van der Waals surface area (Å²) in [6, 6.07) is 7.45. The number of hydrogen-bond acceptors (Lipinski definition) is 2. The van der Waals surface area contributed by atoms with E-state index in [1.165, 1.54) is 18.4 Å². The molecule has 0 spiro atoms. The minimum atomic E-state index is -0.153. The largest absolute Gasteiger partial charge is 0.314 e. The topological polar surface area (TPSA) is 15.3 Å². The maximum atomic E-state index is 13.1. The number of nitrogens with zero attached hydrogens (tertiary/aromatic N) is 1. The van der Waals surface area contributed by atoms with Crippen LogP contribution in [0.3, 0.4) is 0 Å². The highest BCUT2D eigenvalue weighted by atomic mass is 19.1. The number of allylic oxidation sites excluding steroid dienone is 1. The number of nitrogens with one attached hydrogen (secondary N) is 1. The summed E-state index contributed by atoms with van der Waals surface area (Å²) in [5.41, 5.74) is 1.24. The fourth-order valence-corrected chi connectivity index (χ4v) is 2.87. The van der Waals surface area contributed by atoms with Crippen LogP contribution < -0.4 is 5.32 Å². The first kappa shape index (κ1) is 15.2. The molecule has 20 heavy (non-hydrogen) atoms. The van der Waals surface area contributed by atoms with Gasteiger partial charge in [-0.15, -0.1) is 6.58 Å². The Kier molecular flexibility index (Phi) is 6.22. The van der Waals surface area contributed by atoms with Gasteiger partial charge in [-0.3, -0.25) is 4.90 Å². The van der Waals surface area contributed by atoms with Crippen LogP contribution in [0.1, 0.15) is 37.3 Å². The highest BCUT2D eigenvalue weighted by Gasteiger charge is 2.21. The van der Waals surface area contributed by atoms with Crippen molar-refractivity contribution in [2.24, 2.45) is 0 Å². The minimum Gasteiger partial charge on any atom is -0.314 e. The summed E-state index contributed by atoms with van der Waals surface area (Å²) in [4.78, 5) is 2.53. The zero-order valence-corrected chi connectivity index (χ0v) is 12.2. The summed E-state index contributed by atoms with van der Waals surface area (Å²) in [5.74, 6) is -0.153. The van der Waals surface area contributed by atoms with Crippen LogP contribution in [0.5, 0.6) is 0 Å². The van der Waals surface area contributed by atoms with Gasteiger partial charge in [0.2, 0.25) is 0 Å². The normalized spacial score (nSPS) is 17.9. The monoisotopic (exact) mass is 276 g/mol. The molecule has 1 atom stereocenters. The quantitative estimate of drug-likeness (QED) is 0.605. The Morgan fingerprint density at radius 1 is 1.20 bits per heavy atom. The third-order valence-electron chi connectivity index (χ3n) is 3.98. The smallest absolute Gasteiger partial charge is 0.123 e. The van der Waals surface area contributed by atoms with Gasteiger partial charge in [0, 0.05) is 32.2 Å². The Morgan fingerprint density at radius 3 is 2.55 bits per heavy atom. The Labute approximate surface area is 121 Å². The minimum absolute atomic E-state index is 0.153. The van der Waals surface area contributed by atoms with Crippen molar-refractivity contribution in [2.45, 2.75) is 31.7 Å². The van der Waals surface area contributed by atoms with Gasteiger partial charge in [0.05, 0.1) is 0 Å². The van der Waals surface area contributed by atoms with Gasteiger partial charge >= 0.3 is 0 Å². The van der Waals surface area contributed by atoms with E-state index in [-0.39, 0.29) is 5.82 Å². The van der Waals surface area contributed by atoms with Crippen LogP contribution in [0.4, 0.5) is 4.39 Å². The predicted octanol–water partition coefficient (Wildman–Crippen LogP) is 3.52. The van der Waals surface area contributed by atoms with Gasteiger partial charge in [-0.2, -0.15) is 0 Å². The van der Waals surface area contributed by atoms with Gasteiger partial charge < -0.3 is 5.32 Å². The average Bonchev–Trinajstić information content (AvgIpc) is 2.50. The van der Waals surface area contributed by atoms with E-state index in [2.05, 4.69) is 16.8 Å². The van der Waals surface area contributed by atoms with Crippen LogP contribution >= 0.6 is 0 Å². The van der Waals surface area contributed by atoms with Crippen LogP contribution in [0.25, 0.3) is 0 Å². The van der Waals surface area contributed by atoms with Gasteiger partial charge in [-0.05, 0) is 37.0 Å². The van der Waals surface area contributed by atoms with E-state index in [9.17, 15) is 4.39 Å². The summed E-state index contributed by atoms with van der Waals surface area (Å²) in [6.07, 6.45) is 6.58. The maximum absolute atomic E-state index is 13.1. The fourth-order valence-electron chi connectivity index (χ4n) is 2.87. The van der Waals surface area contributed by atoms with Crippen molar-refractivity contribution in [3.8, 4) is 0 Å². The third kappa shape index (κ3) is 4.43. The molecule has 0 bridgehead atoms. The molecule has 1 heterocycles. The second-order valence-electron chi connectivity index (χ2n) is 5.43. The molecule has 1 aromatic rings. The SMILES string of the molecule is C=CCCCC[C@H](c1ccc(F)cc1)N1CCNCC1. The zero-order valence-electron chi connectivity index (χ0n) is 12.2. The zero-order chi connectivity index (χ0) is 14.2. The summed E-state index contributed by atoms with van der Waals surface area (Å²) < 4.78 is 13.1. The highest BCUT2D eigenvalue weighted by molar-refractivity contribution is 5.20. The summed E-state index contributed by atoms with van der Waals surface area (Å²) in [7, 11) is 0.